The monoisotopic (exact) mass is 397 g/mol. The highest BCUT2D eigenvalue weighted by molar-refractivity contribution is 8.00. The minimum Gasteiger partial charge on any atom is -0.326 e. The number of nitrogens with zero attached hydrogens (tertiary/aromatic N) is 4. The van der Waals surface area contributed by atoms with Crippen molar-refractivity contribution < 1.29 is 4.79 Å². The Hall–Kier alpha value is -2.33. The third-order valence-corrected chi connectivity index (χ3v) is 6.54. The summed E-state index contributed by atoms with van der Waals surface area (Å²) in [5.41, 5.74) is 1.57. The van der Waals surface area contributed by atoms with Crippen LogP contribution in [0.15, 0.2) is 29.4 Å². The van der Waals surface area contributed by atoms with Gasteiger partial charge in [-0.25, -0.2) is 4.98 Å². The number of carbonyl (C=O) groups is 1. The molecule has 3 rings (SSSR count). The average molecular weight is 398 g/mol. The highest BCUT2D eigenvalue weighted by atomic mass is 32.2. The lowest BCUT2D eigenvalue weighted by molar-refractivity contribution is -0.133. The second-order valence-corrected chi connectivity index (χ2v) is 8.69. The van der Waals surface area contributed by atoms with Crippen LogP contribution in [0.25, 0.3) is 11.4 Å². The minimum absolute atomic E-state index is 0.0490. The van der Waals surface area contributed by atoms with Gasteiger partial charge >= 0.3 is 0 Å². The molecular formula is C21H27N5OS. The van der Waals surface area contributed by atoms with E-state index in [1.807, 2.05) is 19.1 Å². The number of carbonyl (C=O) groups excluding carboxylic acids is 1. The van der Waals surface area contributed by atoms with Gasteiger partial charge in [0, 0.05) is 12.6 Å². The first-order valence-electron chi connectivity index (χ1n) is 9.86. The summed E-state index contributed by atoms with van der Waals surface area (Å²) in [7, 11) is 1.76. The first-order chi connectivity index (χ1) is 13.5. The molecule has 1 aromatic carbocycles. The molecule has 6 nitrogen and oxygen atoms in total. The van der Waals surface area contributed by atoms with Gasteiger partial charge in [0.05, 0.1) is 11.3 Å². The Morgan fingerprint density at radius 3 is 2.61 bits per heavy atom. The molecule has 0 radical (unpaired) electrons. The van der Waals surface area contributed by atoms with Crippen molar-refractivity contribution in [3.8, 4) is 17.5 Å². The minimum atomic E-state index is -0.671. The van der Waals surface area contributed by atoms with Crippen molar-refractivity contribution in [3.63, 3.8) is 0 Å². The molecule has 0 spiro atoms. The maximum atomic E-state index is 12.9. The van der Waals surface area contributed by atoms with Gasteiger partial charge < -0.3 is 4.90 Å². The maximum Gasteiger partial charge on any atom is 0.236 e. The first kappa shape index (κ1) is 20.4. The van der Waals surface area contributed by atoms with E-state index in [1.54, 1.807) is 11.9 Å². The van der Waals surface area contributed by atoms with Gasteiger partial charge in [0.2, 0.25) is 11.1 Å². The van der Waals surface area contributed by atoms with Gasteiger partial charge in [-0.3, -0.25) is 9.89 Å². The standard InChI is InChI=1S/C21H27N5OS/c1-4-16-8-10-17(11-9-16)18-23-20(25-24-18)28-15(2)19(27)26(3)21(14-22)12-6-5-7-13-21/h8-11,15H,4-7,12-13H2,1-3H3,(H,23,24,25)/t15-/m1/s1. The highest BCUT2D eigenvalue weighted by Crippen LogP contribution is 2.34. The Labute approximate surface area is 170 Å². The van der Waals surface area contributed by atoms with E-state index < -0.39 is 5.54 Å². The fourth-order valence-electron chi connectivity index (χ4n) is 3.68. The van der Waals surface area contributed by atoms with Gasteiger partial charge in [-0.2, -0.15) is 5.26 Å². The van der Waals surface area contributed by atoms with E-state index in [4.69, 9.17) is 0 Å². The van der Waals surface area contributed by atoms with Gasteiger partial charge in [0.15, 0.2) is 5.82 Å². The molecule has 2 aromatic rings. The topological polar surface area (TPSA) is 85.7 Å². The van der Waals surface area contributed by atoms with Crippen LogP contribution in [-0.2, 0) is 11.2 Å². The smallest absolute Gasteiger partial charge is 0.236 e. The summed E-state index contributed by atoms with van der Waals surface area (Å²) in [5, 5.41) is 17.1. The molecule has 1 aliphatic carbocycles. The number of rotatable bonds is 6. The van der Waals surface area contributed by atoms with E-state index in [0.29, 0.717) is 11.0 Å². The Kier molecular flexibility index (Phi) is 6.40. The van der Waals surface area contributed by atoms with E-state index in [9.17, 15) is 10.1 Å². The van der Waals surface area contributed by atoms with Gasteiger partial charge in [-0.05, 0) is 31.7 Å². The van der Waals surface area contributed by atoms with E-state index in [0.717, 1.165) is 44.1 Å². The van der Waals surface area contributed by atoms with Crippen molar-refractivity contribution in [1.29, 1.82) is 5.26 Å². The molecule has 0 unspecified atom stereocenters. The predicted octanol–water partition coefficient (Wildman–Crippen LogP) is 4.20. The molecule has 7 heteroatoms. The number of nitrogens with one attached hydrogen (secondary N) is 1. The highest BCUT2D eigenvalue weighted by Gasteiger charge is 2.40. The summed E-state index contributed by atoms with van der Waals surface area (Å²) in [6, 6.07) is 10.6. The number of aromatic amines is 1. The van der Waals surface area contributed by atoms with Crippen molar-refractivity contribution in [2.45, 2.75) is 68.3 Å². The number of H-pyrrole nitrogens is 1. The largest absolute Gasteiger partial charge is 0.326 e. The molecule has 28 heavy (non-hydrogen) atoms. The summed E-state index contributed by atoms with van der Waals surface area (Å²) < 4.78 is 0. The van der Waals surface area contributed by atoms with Crippen LogP contribution in [0.1, 0.15) is 51.5 Å². The molecule has 0 saturated heterocycles. The molecule has 0 aliphatic heterocycles. The quantitative estimate of drug-likeness (QED) is 0.738. The number of aromatic nitrogens is 3. The van der Waals surface area contributed by atoms with Crippen LogP contribution in [-0.4, -0.2) is 43.8 Å². The Morgan fingerprint density at radius 1 is 1.32 bits per heavy atom. The van der Waals surface area contributed by atoms with Crippen LogP contribution in [0.5, 0.6) is 0 Å². The summed E-state index contributed by atoms with van der Waals surface area (Å²) in [6.07, 6.45) is 5.62. The SMILES string of the molecule is CCc1ccc(-c2nc(S[C@H](C)C(=O)N(C)C3(C#N)CCCCC3)n[nH]2)cc1. The number of benzene rings is 1. The van der Waals surface area contributed by atoms with Gasteiger partial charge in [0.1, 0.15) is 5.54 Å². The summed E-state index contributed by atoms with van der Waals surface area (Å²) in [6.45, 7) is 3.97. The number of amides is 1. The second kappa shape index (κ2) is 8.78. The third kappa shape index (κ3) is 4.22. The average Bonchev–Trinajstić information content (AvgIpc) is 3.21. The normalized spacial score (nSPS) is 16.9. The van der Waals surface area contributed by atoms with Crippen molar-refractivity contribution in [3.05, 3.63) is 29.8 Å². The summed E-state index contributed by atoms with van der Waals surface area (Å²) in [5.74, 6) is 0.644. The van der Waals surface area contributed by atoms with Gasteiger partial charge in [-0.15, -0.1) is 5.10 Å². The molecular weight excluding hydrogens is 370 g/mol. The lowest BCUT2D eigenvalue weighted by atomic mass is 9.81. The molecule has 1 saturated carbocycles. The van der Waals surface area contributed by atoms with Gasteiger partial charge in [-0.1, -0.05) is 62.2 Å². The summed E-state index contributed by atoms with van der Waals surface area (Å²) in [4.78, 5) is 19.1. The van der Waals surface area contributed by atoms with E-state index in [1.165, 1.54) is 17.3 Å². The fraction of sp³-hybridized carbons (Fsp3) is 0.524. The maximum absolute atomic E-state index is 12.9. The molecule has 1 N–H and O–H groups in total. The van der Waals surface area contributed by atoms with E-state index in [2.05, 4.69) is 40.3 Å². The molecule has 1 aromatic heterocycles. The van der Waals surface area contributed by atoms with Crippen molar-refractivity contribution in [2.75, 3.05) is 7.05 Å². The molecule has 148 valence electrons. The van der Waals surface area contributed by atoms with E-state index in [-0.39, 0.29) is 11.2 Å². The number of hydrogen-bond acceptors (Lipinski definition) is 5. The Balaban J connectivity index is 1.67. The molecule has 1 aliphatic rings. The zero-order valence-electron chi connectivity index (χ0n) is 16.7. The lowest BCUT2D eigenvalue weighted by Gasteiger charge is -2.39. The van der Waals surface area contributed by atoms with Gasteiger partial charge in [0.25, 0.3) is 0 Å². The second-order valence-electron chi connectivity index (χ2n) is 7.38. The van der Waals surface area contributed by atoms with Crippen LogP contribution >= 0.6 is 11.8 Å². The number of nitriles is 1. The third-order valence-electron chi connectivity index (χ3n) is 5.59. The van der Waals surface area contributed by atoms with E-state index >= 15 is 0 Å². The Morgan fingerprint density at radius 2 is 2.00 bits per heavy atom. The molecule has 0 bridgehead atoms. The number of hydrogen-bond donors (Lipinski definition) is 1. The Bertz CT molecular complexity index is 848. The molecule has 1 fully saturated rings. The zero-order valence-corrected chi connectivity index (χ0v) is 17.6. The van der Waals surface area contributed by atoms with Crippen LogP contribution in [0, 0.1) is 11.3 Å². The molecule has 1 heterocycles. The molecule has 1 atom stereocenters. The first-order valence-corrected chi connectivity index (χ1v) is 10.7. The van der Waals surface area contributed by atoms with Crippen LogP contribution < -0.4 is 0 Å². The van der Waals surface area contributed by atoms with Crippen LogP contribution in [0.3, 0.4) is 0 Å². The zero-order chi connectivity index (χ0) is 20.1. The fourth-order valence-corrected chi connectivity index (χ4v) is 4.50. The predicted molar refractivity (Wildman–Crippen MR) is 111 cm³/mol. The van der Waals surface area contributed by atoms with Crippen molar-refractivity contribution >= 4 is 17.7 Å². The number of thioether (sulfide) groups is 1. The van der Waals surface area contributed by atoms with Crippen molar-refractivity contribution in [2.24, 2.45) is 0 Å². The van der Waals surface area contributed by atoms with Crippen molar-refractivity contribution in [1.82, 2.24) is 20.1 Å². The van der Waals surface area contributed by atoms with Crippen LogP contribution in [0.2, 0.25) is 0 Å². The lowest BCUT2D eigenvalue weighted by Crippen LogP contribution is -2.52. The molecule has 1 amide bonds. The number of aryl methyl sites for hydroxylation is 1. The van der Waals surface area contributed by atoms with Crippen LogP contribution in [0.4, 0.5) is 0 Å². The summed E-state index contributed by atoms with van der Waals surface area (Å²) >= 11 is 1.32.